The average Bonchev–Trinajstić information content (AvgIpc) is 3.54. The van der Waals surface area contributed by atoms with Gasteiger partial charge in [-0.3, -0.25) is 9.48 Å². The summed E-state index contributed by atoms with van der Waals surface area (Å²) in [5.41, 5.74) is 2.15. The lowest BCUT2D eigenvalue weighted by Crippen LogP contribution is -2.32. The summed E-state index contributed by atoms with van der Waals surface area (Å²) in [6.07, 6.45) is 7.57. The van der Waals surface area contributed by atoms with Gasteiger partial charge in [0.2, 0.25) is 0 Å². The van der Waals surface area contributed by atoms with Crippen LogP contribution in [0.5, 0.6) is 0 Å². The predicted molar refractivity (Wildman–Crippen MR) is 130 cm³/mol. The molecule has 2 heterocycles. The number of fused-ring (bicyclic) bond motifs is 1. The van der Waals surface area contributed by atoms with Crippen molar-refractivity contribution in [2.75, 3.05) is 11.6 Å². The van der Waals surface area contributed by atoms with E-state index in [4.69, 9.17) is 11.6 Å². The van der Waals surface area contributed by atoms with Crippen LogP contribution in [0.1, 0.15) is 41.9 Å². The number of pyridine rings is 1. The lowest BCUT2D eigenvalue weighted by Gasteiger charge is -2.22. The molecule has 0 spiro atoms. The summed E-state index contributed by atoms with van der Waals surface area (Å²) < 4.78 is 38.4. The minimum Gasteiger partial charge on any atom is -0.375 e. The first-order chi connectivity index (χ1) is 16.0. The number of amides is 1. The van der Waals surface area contributed by atoms with Gasteiger partial charge in [-0.2, -0.15) is 5.10 Å². The molecule has 2 aromatic heterocycles. The smallest absolute Gasteiger partial charge is 0.271 e. The Hall–Kier alpha value is -2.98. The van der Waals surface area contributed by atoms with E-state index in [9.17, 15) is 17.6 Å². The minimum absolute atomic E-state index is 0.0910. The van der Waals surface area contributed by atoms with Gasteiger partial charge in [-0.05, 0) is 37.3 Å². The normalized spacial score (nSPS) is 16.0. The molecule has 0 saturated heterocycles. The number of hydrogen-bond donors (Lipinski definition) is 2. The van der Waals surface area contributed by atoms with Crippen molar-refractivity contribution >= 4 is 43.9 Å². The van der Waals surface area contributed by atoms with Gasteiger partial charge in [0, 0.05) is 24.8 Å². The zero-order valence-corrected chi connectivity index (χ0v) is 20.5. The van der Waals surface area contributed by atoms with Crippen LogP contribution in [-0.2, 0) is 16.9 Å². The molecule has 2 N–H and O–H groups in total. The molecule has 0 radical (unpaired) electrons. The highest BCUT2D eigenvalue weighted by atomic mass is 35.5. The number of sulfone groups is 1. The van der Waals surface area contributed by atoms with Gasteiger partial charge in [-0.25, -0.2) is 17.8 Å². The third kappa shape index (κ3) is 5.23. The fourth-order valence-corrected chi connectivity index (χ4v) is 4.63. The molecule has 1 saturated carbocycles. The second-order valence-corrected chi connectivity index (χ2v) is 10.9. The van der Waals surface area contributed by atoms with Gasteiger partial charge in [0.05, 0.1) is 40.0 Å². The predicted octanol–water partition coefficient (Wildman–Crippen LogP) is 4.00. The summed E-state index contributed by atoms with van der Waals surface area (Å²) in [5, 5.41) is 12.2. The van der Waals surface area contributed by atoms with Crippen molar-refractivity contribution in [3.63, 3.8) is 0 Å². The molecular formula is C23H25ClFN5O3S. The zero-order valence-electron chi connectivity index (χ0n) is 18.9. The summed E-state index contributed by atoms with van der Waals surface area (Å²) in [6, 6.07) is 4.03. The maximum atomic E-state index is 14.1. The second kappa shape index (κ2) is 9.34. The Labute approximate surface area is 202 Å². The molecule has 11 heteroatoms. The maximum absolute atomic E-state index is 14.1. The summed E-state index contributed by atoms with van der Waals surface area (Å²) in [4.78, 5) is 17.3. The molecular weight excluding hydrogens is 481 g/mol. The van der Waals surface area contributed by atoms with E-state index in [1.165, 1.54) is 12.1 Å². The van der Waals surface area contributed by atoms with Gasteiger partial charge in [0.1, 0.15) is 11.5 Å². The molecule has 2 atom stereocenters. The van der Waals surface area contributed by atoms with Crippen molar-refractivity contribution < 1.29 is 17.6 Å². The molecule has 1 aliphatic carbocycles. The van der Waals surface area contributed by atoms with Crippen LogP contribution in [0, 0.1) is 11.7 Å². The summed E-state index contributed by atoms with van der Waals surface area (Å²) >= 11 is 6.28. The molecule has 4 rings (SSSR count). The van der Waals surface area contributed by atoms with Crippen LogP contribution in [0.25, 0.3) is 10.9 Å². The number of nitrogens with one attached hydrogen (secondary N) is 2. The van der Waals surface area contributed by atoms with Crippen molar-refractivity contribution in [3.05, 3.63) is 64.2 Å². The van der Waals surface area contributed by atoms with Gasteiger partial charge in [-0.15, -0.1) is 0 Å². The SMILES string of the molecule is C[C@H](/C=C/S(C)(=O)=O)NC(=O)c1ncc(NC(c2cccc(F)c2Cl)C2CC2)c2c1cnn2C. The lowest BCUT2D eigenvalue weighted by atomic mass is 10.0. The number of halogens is 2. The Morgan fingerprint density at radius 2 is 2.06 bits per heavy atom. The van der Waals surface area contributed by atoms with E-state index in [0.29, 0.717) is 28.1 Å². The molecule has 1 aliphatic rings. The topological polar surface area (TPSA) is 106 Å². The highest BCUT2D eigenvalue weighted by molar-refractivity contribution is 7.93. The fraction of sp³-hybridized carbons (Fsp3) is 0.348. The number of nitrogens with zero attached hydrogens (tertiary/aromatic N) is 3. The van der Waals surface area contributed by atoms with E-state index in [1.807, 2.05) is 6.07 Å². The Morgan fingerprint density at radius 1 is 1.32 bits per heavy atom. The van der Waals surface area contributed by atoms with Gasteiger partial charge in [0.15, 0.2) is 9.84 Å². The molecule has 1 aromatic carbocycles. The van der Waals surface area contributed by atoms with Gasteiger partial charge >= 0.3 is 0 Å². The summed E-state index contributed by atoms with van der Waals surface area (Å²) in [5.74, 6) is -0.628. The first kappa shape index (κ1) is 24.2. The van der Waals surface area contributed by atoms with E-state index >= 15 is 0 Å². The van der Waals surface area contributed by atoms with E-state index < -0.39 is 27.6 Å². The molecule has 1 unspecified atom stereocenters. The van der Waals surface area contributed by atoms with Gasteiger partial charge in [-0.1, -0.05) is 29.8 Å². The fourth-order valence-electron chi connectivity index (χ4n) is 3.87. The van der Waals surface area contributed by atoms with Crippen LogP contribution >= 0.6 is 11.6 Å². The summed E-state index contributed by atoms with van der Waals surface area (Å²) in [6.45, 7) is 1.67. The van der Waals surface area contributed by atoms with Crippen molar-refractivity contribution in [2.45, 2.75) is 31.8 Å². The first-order valence-corrected chi connectivity index (χ1v) is 13.1. The minimum atomic E-state index is -3.30. The molecule has 180 valence electrons. The Bertz CT molecular complexity index is 1380. The van der Waals surface area contributed by atoms with Gasteiger partial charge in [0.25, 0.3) is 5.91 Å². The first-order valence-electron chi connectivity index (χ1n) is 10.8. The number of carbonyl (C=O) groups excluding carboxylic acids is 1. The number of rotatable bonds is 8. The molecule has 0 aliphatic heterocycles. The molecule has 34 heavy (non-hydrogen) atoms. The largest absolute Gasteiger partial charge is 0.375 e. The van der Waals surface area contributed by atoms with Crippen LogP contribution < -0.4 is 10.6 Å². The van der Waals surface area contributed by atoms with Crippen molar-refractivity contribution in [2.24, 2.45) is 13.0 Å². The average molecular weight is 506 g/mol. The molecule has 1 fully saturated rings. The van der Waals surface area contributed by atoms with E-state index in [-0.39, 0.29) is 16.8 Å². The van der Waals surface area contributed by atoms with Crippen LogP contribution in [0.15, 0.2) is 42.1 Å². The summed E-state index contributed by atoms with van der Waals surface area (Å²) in [7, 11) is -1.54. The molecule has 8 nitrogen and oxygen atoms in total. The van der Waals surface area contributed by atoms with E-state index in [2.05, 4.69) is 20.7 Å². The van der Waals surface area contributed by atoms with Crippen molar-refractivity contribution in [3.8, 4) is 0 Å². The monoisotopic (exact) mass is 505 g/mol. The Morgan fingerprint density at radius 3 is 2.74 bits per heavy atom. The van der Waals surface area contributed by atoms with Crippen LogP contribution in [0.4, 0.5) is 10.1 Å². The quantitative estimate of drug-likeness (QED) is 0.479. The van der Waals surface area contributed by atoms with E-state index in [0.717, 1.165) is 24.5 Å². The number of carbonyl (C=O) groups is 1. The molecule has 0 bridgehead atoms. The highest BCUT2D eigenvalue weighted by Gasteiger charge is 2.35. The van der Waals surface area contributed by atoms with Gasteiger partial charge < -0.3 is 10.6 Å². The van der Waals surface area contributed by atoms with Crippen molar-refractivity contribution in [1.29, 1.82) is 0 Å². The molecule has 1 amide bonds. The number of benzene rings is 1. The number of anilines is 1. The third-order valence-electron chi connectivity index (χ3n) is 5.68. The Balaban J connectivity index is 1.65. The van der Waals surface area contributed by atoms with E-state index in [1.54, 1.807) is 37.1 Å². The zero-order chi connectivity index (χ0) is 24.6. The lowest BCUT2D eigenvalue weighted by molar-refractivity contribution is 0.0944. The third-order valence-corrected chi connectivity index (χ3v) is 6.73. The van der Waals surface area contributed by atoms with Crippen LogP contribution in [0.2, 0.25) is 5.02 Å². The van der Waals surface area contributed by atoms with Crippen LogP contribution in [0.3, 0.4) is 0 Å². The number of hydrogen-bond acceptors (Lipinski definition) is 6. The molecule has 3 aromatic rings. The maximum Gasteiger partial charge on any atom is 0.271 e. The highest BCUT2D eigenvalue weighted by Crippen LogP contribution is 2.45. The number of aromatic nitrogens is 3. The Kier molecular flexibility index (Phi) is 6.64. The van der Waals surface area contributed by atoms with Crippen molar-refractivity contribution in [1.82, 2.24) is 20.1 Å². The standard InChI is InChI=1S/C23H25ClFN5O3S/c1-13(9-10-34(3,32)33)28-23(31)21-16-11-27-30(2)22(16)18(12-26-21)29-20(14-7-8-14)15-5-4-6-17(25)19(15)24/h4-6,9-14,20,29H,7-8H2,1-3H3,(H,28,31)/b10-9+/t13-,20?/m1/s1. The van der Waals surface area contributed by atoms with Crippen LogP contribution in [-0.4, -0.2) is 41.4 Å². The number of aryl methyl sites for hydroxylation is 1. The second-order valence-electron chi connectivity index (χ2n) is 8.57.